The van der Waals surface area contributed by atoms with E-state index in [0.29, 0.717) is 18.8 Å². The SMILES string of the molecule is CCN(Cc1ccccc1C)C(=O)c1n[nH]c(C(C)C)c1Br. The van der Waals surface area contributed by atoms with Gasteiger partial charge < -0.3 is 4.90 Å². The number of aryl methyl sites for hydroxylation is 1. The van der Waals surface area contributed by atoms with Gasteiger partial charge in [0, 0.05) is 13.1 Å². The van der Waals surface area contributed by atoms with Crippen LogP contribution in [0.4, 0.5) is 0 Å². The number of aromatic amines is 1. The molecule has 0 saturated heterocycles. The van der Waals surface area contributed by atoms with Gasteiger partial charge in [0.2, 0.25) is 0 Å². The largest absolute Gasteiger partial charge is 0.333 e. The van der Waals surface area contributed by atoms with Gasteiger partial charge in [-0.15, -0.1) is 0 Å². The Hall–Kier alpha value is -1.62. The van der Waals surface area contributed by atoms with Crippen LogP contribution in [0.1, 0.15) is 54.0 Å². The number of carbonyl (C=O) groups excluding carboxylic acids is 1. The summed E-state index contributed by atoms with van der Waals surface area (Å²) in [4.78, 5) is 14.6. The van der Waals surface area contributed by atoms with Crippen LogP contribution in [0.15, 0.2) is 28.7 Å². The molecule has 0 spiro atoms. The number of benzene rings is 1. The van der Waals surface area contributed by atoms with Gasteiger partial charge in [-0.05, 0) is 46.8 Å². The Morgan fingerprint density at radius 2 is 2.05 bits per heavy atom. The van der Waals surface area contributed by atoms with Gasteiger partial charge in [-0.2, -0.15) is 5.10 Å². The van der Waals surface area contributed by atoms with E-state index in [0.717, 1.165) is 15.7 Å². The Morgan fingerprint density at radius 3 is 2.59 bits per heavy atom. The smallest absolute Gasteiger partial charge is 0.275 e. The van der Waals surface area contributed by atoms with Crippen molar-refractivity contribution in [2.75, 3.05) is 6.54 Å². The van der Waals surface area contributed by atoms with Gasteiger partial charge in [-0.1, -0.05) is 38.1 Å². The molecule has 1 heterocycles. The van der Waals surface area contributed by atoms with Crippen LogP contribution in [0.2, 0.25) is 0 Å². The zero-order valence-corrected chi connectivity index (χ0v) is 15.1. The first-order valence-corrected chi connectivity index (χ1v) is 8.32. The summed E-state index contributed by atoms with van der Waals surface area (Å²) in [7, 11) is 0. The zero-order valence-electron chi connectivity index (χ0n) is 13.5. The number of hydrogen-bond acceptors (Lipinski definition) is 2. The van der Waals surface area contributed by atoms with Gasteiger partial charge >= 0.3 is 0 Å². The number of amides is 1. The molecule has 2 rings (SSSR count). The van der Waals surface area contributed by atoms with Crippen LogP contribution in [0.3, 0.4) is 0 Å². The van der Waals surface area contributed by atoms with Crippen LogP contribution in [-0.4, -0.2) is 27.5 Å². The molecule has 0 aliphatic heterocycles. The summed E-state index contributed by atoms with van der Waals surface area (Å²) in [5.41, 5.74) is 3.76. The van der Waals surface area contributed by atoms with Crippen molar-refractivity contribution < 1.29 is 4.79 Å². The number of carbonyl (C=O) groups is 1. The molecule has 0 bridgehead atoms. The highest BCUT2D eigenvalue weighted by atomic mass is 79.9. The minimum atomic E-state index is -0.0548. The van der Waals surface area contributed by atoms with Crippen molar-refractivity contribution in [1.29, 1.82) is 0 Å². The predicted octanol–water partition coefficient (Wildman–Crippen LogP) is 4.27. The fraction of sp³-hybridized carbons (Fsp3) is 0.412. The van der Waals surface area contributed by atoms with Crippen molar-refractivity contribution in [1.82, 2.24) is 15.1 Å². The molecule has 0 radical (unpaired) electrons. The summed E-state index contributed by atoms with van der Waals surface area (Å²) < 4.78 is 0.774. The summed E-state index contributed by atoms with van der Waals surface area (Å²) in [5, 5.41) is 7.17. The fourth-order valence-corrected chi connectivity index (χ4v) is 3.14. The van der Waals surface area contributed by atoms with E-state index >= 15 is 0 Å². The monoisotopic (exact) mass is 363 g/mol. The first-order chi connectivity index (χ1) is 10.5. The summed E-state index contributed by atoms with van der Waals surface area (Å²) in [6, 6.07) is 8.14. The quantitative estimate of drug-likeness (QED) is 0.862. The normalized spacial score (nSPS) is 11.0. The Balaban J connectivity index is 2.24. The standard InChI is InChI=1S/C17H22BrN3O/c1-5-21(10-13-9-7-6-8-12(13)4)17(22)16-14(18)15(11(2)3)19-20-16/h6-9,11H,5,10H2,1-4H3,(H,19,20). The highest BCUT2D eigenvalue weighted by Crippen LogP contribution is 2.26. The molecule has 0 atom stereocenters. The third-order valence-electron chi connectivity index (χ3n) is 3.80. The lowest BCUT2D eigenvalue weighted by Crippen LogP contribution is -2.31. The molecule has 1 amide bonds. The molecule has 0 aliphatic carbocycles. The van der Waals surface area contributed by atoms with Gasteiger partial charge in [0.25, 0.3) is 5.91 Å². The average molecular weight is 364 g/mol. The Kier molecular flexibility index (Phi) is 5.40. The van der Waals surface area contributed by atoms with Crippen LogP contribution >= 0.6 is 15.9 Å². The van der Waals surface area contributed by atoms with Crippen molar-refractivity contribution in [3.8, 4) is 0 Å². The molecule has 22 heavy (non-hydrogen) atoms. The van der Waals surface area contributed by atoms with E-state index in [9.17, 15) is 4.79 Å². The Labute approximate surface area is 140 Å². The summed E-state index contributed by atoms with van der Waals surface area (Å²) in [6.45, 7) is 9.42. The molecule has 5 heteroatoms. The van der Waals surface area contributed by atoms with E-state index in [1.807, 2.05) is 24.0 Å². The predicted molar refractivity (Wildman–Crippen MR) is 92.0 cm³/mol. The third kappa shape index (κ3) is 3.40. The molecule has 118 valence electrons. The maximum Gasteiger partial charge on any atom is 0.275 e. The number of nitrogens with zero attached hydrogens (tertiary/aromatic N) is 2. The lowest BCUT2D eigenvalue weighted by molar-refractivity contribution is 0.0745. The number of aromatic nitrogens is 2. The number of H-pyrrole nitrogens is 1. The Morgan fingerprint density at radius 1 is 1.36 bits per heavy atom. The van der Waals surface area contributed by atoms with Crippen molar-refractivity contribution in [3.05, 3.63) is 51.3 Å². The van der Waals surface area contributed by atoms with Crippen LogP contribution in [0.5, 0.6) is 0 Å². The molecule has 0 aliphatic rings. The summed E-state index contributed by atoms with van der Waals surface area (Å²) in [6.07, 6.45) is 0. The second kappa shape index (κ2) is 7.09. The number of hydrogen-bond donors (Lipinski definition) is 1. The molecule has 4 nitrogen and oxygen atoms in total. The molecular formula is C17H22BrN3O. The van der Waals surface area contributed by atoms with Crippen molar-refractivity contribution in [2.45, 2.75) is 40.2 Å². The maximum atomic E-state index is 12.8. The maximum absolute atomic E-state index is 12.8. The van der Waals surface area contributed by atoms with Crippen LogP contribution < -0.4 is 0 Å². The molecule has 0 fully saturated rings. The number of rotatable bonds is 5. The molecule has 1 N–H and O–H groups in total. The molecule has 2 aromatic rings. The van der Waals surface area contributed by atoms with E-state index in [4.69, 9.17) is 0 Å². The molecule has 1 aromatic heterocycles. The average Bonchev–Trinajstić information content (AvgIpc) is 2.87. The minimum Gasteiger partial charge on any atom is -0.333 e. The highest BCUT2D eigenvalue weighted by Gasteiger charge is 2.23. The van der Waals surface area contributed by atoms with Crippen molar-refractivity contribution in [3.63, 3.8) is 0 Å². The van der Waals surface area contributed by atoms with Gasteiger partial charge in [0.1, 0.15) is 0 Å². The van der Waals surface area contributed by atoms with E-state index in [2.05, 4.69) is 59.0 Å². The third-order valence-corrected chi connectivity index (χ3v) is 4.61. The van der Waals surface area contributed by atoms with E-state index < -0.39 is 0 Å². The van der Waals surface area contributed by atoms with Gasteiger partial charge in [-0.3, -0.25) is 9.89 Å². The van der Waals surface area contributed by atoms with E-state index in [-0.39, 0.29) is 11.8 Å². The number of nitrogens with one attached hydrogen (secondary N) is 1. The first kappa shape index (κ1) is 16.7. The molecule has 0 saturated carbocycles. The van der Waals surface area contributed by atoms with Crippen LogP contribution in [0.25, 0.3) is 0 Å². The van der Waals surface area contributed by atoms with Crippen LogP contribution in [-0.2, 0) is 6.54 Å². The van der Waals surface area contributed by atoms with Gasteiger partial charge in [-0.25, -0.2) is 0 Å². The topological polar surface area (TPSA) is 49.0 Å². The fourth-order valence-electron chi connectivity index (χ4n) is 2.34. The molecular weight excluding hydrogens is 342 g/mol. The second-order valence-electron chi connectivity index (χ2n) is 5.70. The van der Waals surface area contributed by atoms with Crippen molar-refractivity contribution >= 4 is 21.8 Å². The van der Waals surface area contributed by atoms with E-state index in [1.54, 1.807) is 0 Å². The van der Waals surface area contributed by atoms with Gasteiger partial charge in [0.15, 0.2) is 5.69 Å². The number of halogens is 1. The lowest BCUT2D eigenvalue weighted by atomic mass is 10.1. The first-order valence-electron chi connectivity index (χ1n) is 7.53. The molecule has 0 unspecified atom stereocenters. The summed E-state index contributed by atoms with van der Waals surface area (Å²) >= 11 is 3.51. The molecule has 1 aromatic carbocycles. The van der Waals surface area contributed by atoms with Crippen molar-refractivity contribution in [2.24, 2.45) is 0 Å². The highest BCUT2D eigenvalue weighted by molar-refractivity contribution is 9.10. The second-order valence-corrected chi connectivity index (χ2v) is 6.49. The van der Waals surface area contributed by atoms with Gasteiger partial charge in [0.05, 0.1) is 10.2 Å². The van der Waals surface area contributed by atoms with Crippen LogP contribution in [0, 0.1) is 6.92 Å². The Bertz CT molecular complexity index is 664. The summed E-state index contributed by atoms with van der Waals surface area (Å²) in [5.74, 6) is 0.232. The zero-order chi connectivity index (χ0) is 16.3. The minimum absolute atomic E-state index is 0.0548. The van der Waals surface area contributed by atoms with E-state index in [1.165, 1.54) is 5.56 Å². The lowest BCUT2D eigenvalue weighted by Gasteiger charge is -2.21.